The van der Waals surface area contributed by atoms with E-state index < -0.39 is 0 Å². The summed E-state index contributed by atoms with van der Waals surface area (Å²) in [5, 5.41) is 3.36. The van der Waals surface area contributed by atoms with Crippen LogP contribution in [-0.4, -0.2) is 51.3 Å². The Hall–Kier alpha value is 0.170. The Balaban J connectivity index is 0.00000225. The summed E-state index contributed by atoms with van der Waals surface area (Å²) in [6, 6.07) is 0.729. The first-order valence-corrected chi connectivity index (χ1v) is 5.96. The predicted octanol–water partition coefficient (Wildman–Crippen LogP) is 1.76. The van der Waals surface area contributed by atoms with Gasteiger partial charge in [-0.1, -0.05) is 13.8 Å². The van der Waals surface area contributed by atoms with Crippen molar-refractivity contribution in [3.05, 3.63) is 0 Å². The molecule has 3 nitrogen and oxygen atoms in total. The Morgan fingerprint density at radius 2 is 1.88 bits per heavy atom. The lowest BCUT2D eigenvalue weighted by molar-refractivity contribution is 0.0600. The second-order valence-corrected chi connectivity index (χ2v) is 5.44. The van der Waals surface area contributed by atoms with Crippen LogP contribution in [0.3, 0.4) is 0 Å². The second-order valence-electron chi connectivity index (χ2n) is 5.44. The Kier molecular flexibility index (Phi) is 7.57. The number of hydrogen-bond donors (Lipinski definition) is 1. The minimum Gasteiger partial charge on any atom is -0.384 e. The maximum atomic E-state index is 5.25. The van der Waals surface area contributed by atoms with Crippen LogP contribution in [0.25, 0.3) is 0 Å². The van der Waals surface area contributed by atoms with Crippen LogP contribution in [0.1, 0.15) is 26.7 Å². The van der Waals surface area contributed by atoms with Crippen molar-refractivity contribution in [1.29, 1.82) is 0 Å². The van der Waals surface area contributed by atoms with Crippen molar-refractivity contribution < 1.29 is 4.74 Å². The van der Waals surface area contributed by atoms with Crippen LogP contribution in [-0.2, 0) is 4.74 Å². The van der Waals surface area contributed by atoms with Gasteiger partial charge >= 0.3 is 0 Å². The van der Waals surface area contributed by atoms with Gasteiger partial charge in [0.2, 0.25) is 0 Å². The van der Waals surface area contributed by atoms with Crippen LogP contribution in [0.15, 0.2) is 0 Å². The molecule has 0 saturated carbocycles. The summed E-state index contributed by atoms with van der Waals surface area (Å²) in [6.45, 7) is 8.99. The SMILES string of the molecule is CNC1CCN(CC(C)(C)COC)CC1.Cl. The topological polar surface area (TPSA) is 24.5 Å². The zero-order valence-electron chi connectivity index (χ0n) is 11.1. The fourth-order valence-corrected chi connectivity index (χ4v) is 2.42. The summed E-state index contributed by atoms with van der Waals surface area (Å²) in [5.41, 5.74) is 0.279. The van der Waals surface area contributed by atoms with E-state index in [1.807, 2.05) is 0 Å². The molecule has 0 aromatic heterocycles. The predicted molar refractivity (Wildman–Crippen MR) is 71.4 cm³/mol. The quantitative estimate of drug-likeness (QED) is 0.805. The Morgan fingerprint density at radius 3 is 2.31 bits per heavy atom. The number of rotatable bonds is 5. The molecule has 98 valence electrons. The number of halogens is 1. The third-order valence-corrected chi connectivity index (χ3v) is 3.18. The molecule has 0 aromatic carbocycles. The van der Waals surface area contributed by atoms with E-state index in [2.05, 4.69) is 31.1 Å². The summed E-state index contributed by atoms with van der Waals surface area (Å²) in [7, 11) is 3.85. The first-order chi connectivity index (χ1) is 7.07. The number of nitrogens with zero attached hydrogens (tertiary/aromatic N) is 1. The summed E-state index contributed by atoms with van der Waals surface area (Å²) >= 11 is 0. The van der Waals surface area contributed by atoms with Gasteiger partial charge in [0, 0.05) is 25.1 Å². The van der Waals surface area contributed by atoms with Crippen molar-refractivity contribution in [3.63, 3.8) is 0 Å². The van der Waals surface area contributed by atoms with Crippen LogP contribution < -0.4 is 5.32 Å². The van der Waals surface area contributed by atoms with E-state index in [-0.39, 0.29) is 17.8 Å². The molecule has 0 unspecified atom stereocenters. The normalized spacial score (nSPS) is 19.5. The molecule has 1 aliphatic heterocycles. The number of nitrogens with one attached hydrogen (secondary N) is 1. The lowest BCUT2D eigenvalue weighted by Crippen LogP contribution is -2.45. The molecule has 1 fully saturated rings. The third-order valence-electron chi connectivity index (χ3n) is 3.18. The summed E-state index contributed by atoms with van der Waals surface area (Å²) in [4.78, 5) is 2.56. The van der Waals surface area contributed by atoms with Crippen molar-refractivity contribution >= 4 is 12.4 Å². The van der Waals surface area contributed by atoms with Crippen LogP contribution in [0.4, 0.5) is 0 Å². The molecule has 0 aliphatic carbocycles. The van der Waals surface area contributed by atoms with Crippen molar-refractivity contribution in [2.75, 3.05) is 40.4 Å². The molecule has 0 radical (unpaired) electrons. The van der Waals surface area contributed by atoms with Gasteiger partial charge in [-0.25, -0.2) is 0 Å². The molecule has 1 saturated heterocycles. The van der Waals surface area contributed by atoms with Crippen molar-refractivity contribution in [2.24, 2.45) is 5.41 Å². The number of ether oxygens (including phenoxy) is 1. The van der Waals surface area contributed by atoms with Gasteiger partial charge in [0.1, 0.15) is 0 Å². The second kappa shape index (κ2) is 7.49. The molecule has 0 amide bonds. The summed E-state index contributed by atoms with van der Waals surface area (Å²) in [5.74, 6) is 0. The van der Waals surface area contributed by atoms with E-state index in [1.165, 1.54) is 25.9 Å². The average Bonchev–Trinajstić information content (AvgIpc) is 2.18. The standard InChI is InChI=1S/C12H26N2O.ClH/c1-12(2,10-15-4)9-14-7-5-11(13-3)6-8-14;/h11,13H,5-10H2,1-4H3;1H. The highest BCUT2D eigenvalue weighted by molar-refractivity contribution is 5.85. The Bertz CT molecular complexity index is 180. The van der Waals surface area contributed by atoms with Gasteiger partial charge in [-0.3, -0.25) is 0 Å². The molecule has 1 N–H and O–H groups in total. The Morgan fingerprint density at radius 1 is 1.31 bits per heavy atom. The molecule has 0 aromatic rings. The molecular formula is C12H27ClN2O. The van der Waals surface area contributed by atoms with Gasteiger partial charge in [-0.05, 0) is 33.0 Å². The molecule has 1 aliphatic rings. The van der Waals surface area contributed by atoms with Crippen LogP contribution in [0, 0.1) is 5.41 Å². The largest absolute Gasteiger partial charge is 0.384 e. The average molecular weight is 251 g/mol. The van der Waals surface area contributed by atoms with E-state index in [0.29, 0.717) is 0 Å². The smallest absolute Gasteiger partial charge is 0.0525 e. The first-order valence-electron chi connectivity index (χ1n) is 5.96. The van der Waals surface area contributed by atoms with Crippen molar-refractivity contribution in [2.45, 2.75) is 32.7 Å². The fraction of sp³-hybridized carbons (Fsp3) is 1.00. The van der Waals surface area contributed by atoms with Crippen molar-refractivity contribution in [3.8, 4) is 0 Å². The van der Waals surface area contributed by atoms with Gasteiger partial charge in [0.05, 0.1) is 6.61 Å². The lowest BCUT2D eigenvalue weighted by atomic mass is 9.92. The first kappa shape index (κ1) is 16.2. The van der Waals surface area contributed by atoms with Gasteiger partial charge in [-0.2, -0.15) is 0 Å². The highest BCUT2D eigenvalue weighted by Crippen LogP contribution is 2.20. The van der Waals surface area contributed by atoms with Crippen LogP contribution >= 0.6 is 12.4 Å². The van der Waals surface area contributed by atoms with E-state index in [1.54, 1.807) is 7.11 Å². The minimum atomic E-state index is 0. The zero-order chi connectivity index (χ0) is 11.3. The number of hydrogen-bond acceptors (Lipinski definition) is 3. The van der Waals surface area contributed by atoms with Gasteiger partial charge in [-0.15, -0.1) is 12.4 Å². The molecule has 0 spiro atoms. The highest BCUT2D eigenvalue weighted by atomic mass is 35.5. The summed E-state index contributed by atoms with van der Waals surface area (Å²) < 4.78 is 5.25. The molecular weight excluding hydrogens is 224 g/mol. The molecule has 1 heterocycles. The summed E-state index contributed by atoms with van der Waals surface area (Å²) in [6.07, 6.45) is 2.55. The van der Waals surface area contributed by atoms with E-state index in [0.717, 1.165) is 19.2 Å². The highest BCUT2D eigenvalue weighted by Gasteiger charge is 2.25. The van der Waals surface area contributed by atoms with E-state index in [9.17, 15) is 0 Å². The fourth-order valence-electron chi connectivity index (χ4n) is 2.42. The minimum absolute atomic E-state index is 0. The number of piperidine rings is 1. The third kappa shape index (κ3) is 5.48. The number of methoxy groups -OCH3 is 1. The van der Waals surface area contributed by atoms with Gasteiger partial charge in [0.25, 0.3) is 0 Å². The van der Waals surface area contributed by atoms with E-state index in [4.69, 9.17) is 4.74 Å². The van der Waals surface area contributed by atoms with Crippen LogP contribution in [0.5, 0.6) is 0 Å². The van der Waals surface area contributed by atoms with Gasteiger partial charge in [0.15, 0.2) is 0 Å². The lowest BCUT2D eigenvalue weighted by Gasteiger charge is -2.37. The molecule has 0 atom stereocenters. The maximum absolute atomic E-state index is 5.25. The number of likely N-dealkylation sites (tertiary alicyclic amines) is 1. The molecule has 4 heteroatoms. The molecule has 16 heavy (non-hydrogen) atoms. The Labute approximate surface area is 106 Å². The molecule has 1 rings (SSSR count). The van der Waals surface area contributed by atoms with Crippen molar-refractivity contribution in [1.82, 2.24) is 10.2 Å². The van der Waals surface area contributed by atoms with Crippen LogP contribution in [0.2, 0.25) is 0 Å². The monoisotopic (exact) mass is 250 g/mol. The molecule has 0 bridgehead atoms. The maximum Gasteiger partial charge on any atom is 0.0525 e. The zero-order valence-corrected chi connectivity index (χ0v) is 11.9. The van der Waals surface area contributed by atoms with E-state index >= 15 is 0 Å². The van der Waals surface area contributed by atoms with Gasteiger partial charge < -0.3 is 15.0 Å².